The Kier molecular flexibility index (Phi) is 11.7. The van der Waals surface area contributed by atoms with Gasteiger partial charge in [0.15, 0.2) is 0 Å². The van der Waals surface area contributed by atoms with Crippen molar-refractivity contribution in [2.24, 2.45) is 0 Å². The van der Waals surface area contributed by atoms with E-state index >= 15 is 0 Å². The van der Waals surface area contributed by atoms with Gasteiger partial charge in [0.2, 0.25) is 0 Å². The van der Waals surface area contributed by atoms with Crippen LogP contribution in [0.5, 0.6) is 0 Å². The molecule has 0 aromatic carbocycles. The van der Waals surface area contributed by atoms with Crippen molar-refractivity contribution in [3.05, 3.63) is 32.4 Å². The summed E-state index contributed by atoms with van der Waals surface area (Å²) in [7, 11) is 0. The number of hydrogen-bond acceptors (Lipinski definition) is 5. The largest absolute Gasteiger partial charge is 0.523 e. The molecule has 0 amide bonds. The van der Waals surface area contributed by atoms with Crippen molar-refractivity contribution < 1.29 is 14.6 Å². The second-order valence-electron chi connectivity index (χ2n) is 5.71. The quantitative estimate of drug-likeness (QED) is 0.147. The molecule has 131 valence electrons. The van der Waals surface area contributed by atoms with Gasteiger partial charge in [-0.2, -0.15) is 0 Å². The maximum atomic E-state index is 10.7. The summed E-state index contributed by atoms with van der Waals surface area (Å²) in [6.07, 6.45) is 14.7. The highest BCUT2D eigenvalue weighted by atomic mass is 16.7. The van der Waals surface area contributed by atoms with E-state index in [1.165, 1.54) is 25.7 Å². The Hall–Kier alpha value is -1.79. The lowest BCUT2D eigenvalue weighted by Crippen LogP contribution is -2.47. The molecule has 0 N–H and O–H groups in total. The number of nitrogens with zero attached hydrogens (tertiary/aromatic N) is 2. The van der Waals surface area contributed by atoms with Gasteiger partial charge in [-0.25, -0.2) is 0 Å². The molecule has 0 heterocycles. The van der Waals surface area contributed by atoms with Crippen molar-refractivity contribution in [1.29, 1.82) is 0 Å². The average molecular weight is 327 g/mol. The zero-order chi connectivity index (χ0) is 17.6. The molecule has 7 heteroatoms. The van der Waals surface area contributed by atoms with Crippen LogP contribution in [0.15, 0.2) is 12.2 Å². The predicted octanol–water partition coefficient (Wildman–Crippen LogP) is 4.21. The van der Waals surface area contributed by atoms with Crippen LogP contribution in [0.2, 0.25) is 0 Å². The lowest BCUT2D eigenvalue weighted by atomic mass is 10.0. The Morgan fingerprint density at radius 1 is 0.870 bits per heavy atom. The van der Waals surface area contributed by atoms with Crippen molar-refractivity contribution in [3.63, 3.8) is 0 Å². The predicted molar refractivity (Wildman–Crippen MR) is 88.0 cm³/mol. The number of allylic oxidation sites excluding steroid dienone is 2. The molecule has 0 saturated heterocycles. The van der Waals surface area contributed by atoms with E-state index in [1.807, 2.05) is 0 Å². The first-order valence-electron chi connectivity index (χ1n) is 8.34. The Balaban J connectivity index is 3.76. The van der Waals surface area contributed by atoms with Crippen molar-refractivity contribution in [2.45, 2.75) is 83.2 Å². The topological polar surface area (TPSA) is 103 Å². The lowest BCUT2D eigenvalue weighted by molar-refractivity contribution is -0.772. The van der Waals surface area contributed by atoms with Crippen LogP contribution in [0, 0.1) is 20.2 Å². The maximum absolute atomic E-state index is 10.7. The molecule has 0 atom stereocenters. The van der Waals surface area contributed by atoms with Gasteiger partial charge in [-0.15, -0.1) is 0 Å². The molecule has 0 aromatic heterocycles. The van der Waals surface area contributed by atoms with E-state index < -0.39 is 21.9 Å². The SMILES string of the molecule is CCCCCC/C=C\CCCCCCC([C]=O)([N+](=O)[O-])[N+](=O)[O-]. The third-order valence-electron chi connectivity index (χ3n) is 3.80. The molecule has 0 fully saturated rings. The van der Waals surface area contributed by atoms with Crippen LogP contribution in [0.3, 0.4) is 0 Å². The van der Waals surface area contributed by atoms with Crippen LogP contribution in [0.4, 0.5) is 0 Å². The normalized spacial score (nSPS) is 11.7. The molecule has 1 radical (unpaired) electrons. The molecule has 23 heavy (non-hydrogen) atoms. The first-order chi connectivity index (χ1) is 11.0. The third kappa shape index (κ3) is 8.42. The summed E-state index contributed by atoms with van der Waals surface area (Å²) < 4.78 is 0. The number of nitro groups is 2. The van der Waals surface area contributed by atoms with Gasteiger partial charge in [0, 0.05) is 0 Å². The summed E-state index contributed by atoms with van der Waals surface area (Å²) in [5.74, 6) is 0. The second kappa shape index (κ2) is 12.7. The Bertz CT molecular complexity index is 382. The van der Waals surface area contributed by atoms with E-state index in [1.54, 1.807) is 0 Å². The van der Waals surface area contributed by atoms with E-state index in [-0.39, 0.29) is 6.42 Å². The molecule has 0 unspecified atom stereocenters. The molecule has 0 aliphatic heterocycles. The number of carbonyl (C=O) groups excluding carboxylic acids is 1. The molecular weight excluding hydrogens is 300 g/mol. The zero-order valence-electron chi connectivity index (χ0n) is 13.9. The van der Waals surface area contributed by atoms with Gasteiger partial charge in [0.05, 0.1) is 6.42 Å². The molecule has 0 bridgehead atoms. The molecule has 0 aliphatic rings. The van der Waals surface area contributed by atoms with Crippen molar-refractivity contribution in [3.8, 4) is 0 Å². The van der Waals surface area contributed by atoms with Crippen molar-refractivity contribution in [2.75, 3.05) is 0 Å². The van der Waals surface area contributed by atoms with Gasteiger partial charge in [0.25, 0.3) is 0 Å². The van der Waals surface area contributed by atoms with Crippen LogP contribution >= 0.6 is 0 Å². The summed E-state index contributed by atoms with van der Waals surface area (Å²) in [6.45, 7) is 2.18. The Labute approximate surface area is 137 Å². The van der Waals surface area contributed by atoms with Crippen LogP contribution in [0.1, 0.15) is 77.6 Å². The van der Waals surface area contributed by atoms with Crippen LogP contribution in [0.25, 0.3) is 0 Å². The number of unbranched alkanes of at least 4 members (excludes halogenated alkanes) is 8. The monoisotopic (exact) mass is 327 g/mol. The summed E-state index contributed by atoms with van der Waals surface area (Å²) in [6, 6.07) is 0. The van der Waals surface area contributed by atoms with E-state index in [0.29, 0.717) is 6.42 Å². The van der Waals surface area contributed by atoms with Crippen LogP contribution < -0.4 is 0 Å². The fraction of sp³-hybridized carbons (Fsp3) is 0.812. The first kappa shape index (κ1) is 21.2. The van der Waals surface area contributed by atoms with Gasteiger partial charge in [-0.05, 0) is 32.1 Å². The Morgan fingerprint density at radius 2 is 1.35 bits per heavy atom. The van der Waals surface area contributed by atoms with Crippen molar-refractivity contribution in [1.82, 2.24) is 0 Å². The van der Waals surface area contributed by atoms with Gasteiger partial charge in [-0.1, -0.05) is 51.2 Å². The Morgan fingerprint density at radius 3 is 1.78 bits per heavy atom. The van der Waals surface area contributed by atoms with E-state index in [0.717, 1.165) is 32.0 Å². The molecule has 7 nitrogen and oxygen atoms in total. The van der Waals surface area contributed by atoms with Gasteiger partial charge in [-0.3, -0.25) is 25.0 Å². The summed E-state index contributed by atoms with van der Waals surface area (Å²) >= 11 is 0. The summed E-state index contributed by atoms with van der Waals surface area (Å²) in [5.41, 5.74) is -2.79. The average Bonchev–Trinajstić information content (AvgIpc) is 2.51. The molecule has 0 saturated carbocycles. The number of rotatable bonds is 15. The second-order valence-corrected chi connectivity index (χ2v) is 5.71. The standard InChI is InChI=1S/C16H27N2O5/c1-2-3-4-5-6-7-8-9-10-11-12-13-14-16(15-19,17(20)21)18(22)23/h7-8H,2-6,9-14H2,1H3/b8-7-. The van der Waals surface area contributed by atoms with Crippen molar-refractivity contribution >= 4 is 6.29 Å². The molecule has 0 aliphatic carbocycles. The smallest absolute Gasteiger partial charge is 0.273 e. The minimum absolute atomic E-state index is 0.276. The number of hydrogen-bond donors (Lipinski definition) is 0. The zero-order valence-corrected chi connectivity index (χ0v) is 13.9. The molecule has 0 spiro atoms. The highest BCUT2D eigenvalue weighted by Gasteiger charge is 2.57. The molecule has 0 rings (SSSR count). The van der Waals surface area contributed by atoms with E-state index in [9.17, 15) is 25.0 Å². The minimum Gasteiger partial charge on any atom is -0.273 e. The highest BCUT2D eigenvalue weighted by molar-refractivity contribution is 5.59. The fourth-order valence-electron chi connectivity index (χ4n) is 2.29. The van der Waals surface area contributed by atoms with E-state index in [2.05, 4.69) is 19.1 Å². The summed E-state index contributed by atoms with van der Waals surface area (Å²) in [4.78, 5) is 29.8. The minimum atomic E-state index is -2.79. The van der Waals surface area contributed by atoms with Crippen LogP contribution in [-0.2, 0) is 4.79 Å². The first-order valence-corrected chi connectivity index (χ1v) is 8.34. The van der Waals surface area contributed by atoms with E-state index in [4.69, 9.17) is 0 Å². The third-order valence-corrected chi connectivity index (χ3v) is 3.80. The lowest BCUT2D eigenvalue weighted by Gasteiger charge is -2.09. The van der Waals surface area contributed by atoms with Gasteiger partial charge >= 0.3 is 11.9 Å². The summed E-state index contributed by atoms with van der Waals surface area (Å²) in [5, 5.41) is 21.4. The molecule has 0 aromatic rings. The van der Waals surface area contributed by atoms with Gasteiger partial charge < -0.3 is 0 Å². The van der Waals surface area contributed by atoms with Gasteiger partial charge in [0.1, 0.15) is 9.85 Å². The fourth-order valence-corrected chi connectivity index (χ4v) is 2.29. The highest BCUT2D eigenvalue weighted by Crippen LogP contribution is 2.18. The van der Waals surface area contributed by atoms with Crippen LogP contribution in [-0.4, -0.2) is 21.8 Å². The maximum Gasteiger partial charge on any atom is 0.523 e. The molecular formula is C16H27N2O5.